The Morgan fingerprint density at radius 2 is 1.93 bits per heavy atom. The Hall–Kier alpha value is -3.60. The molecule has 1 N–H and O–H groups in total. The van der Waals surface area contributed by atoms with Gasteiger partial charge in [0.25, 0.3) is 5.91 Å². The van der Waals surface area contributed by atoms with Gasteiger partial charge in [-0.2, -0.15) is 8.78 Å². The molecule has 3 aromatic rings. The molecular formula is C17H12ClF2N5O4. The Morgan fingerprint density at radius 1 is 1.17 bits per heavy atom. The summed E-state index contributed by atoms with van der Waals surface area (Å²) in [6, 6.07) is 9.95. The Bertz CT molecular complexity index is 1000. The number of aromatic nitrogens is 4. The highest BCUT2D eigenvalue weighted by molar-refractivity contribution is 6.32. The summed E-state index contributed by atoms with van der Waals surface area (Å²) < 4.78 is 35.0. The zero-order valence-corrected chi connectivity index (χ0v) is 15.2. The van der Waals surface area contributed by atoms with Gasteiger partial charge in [0, 0.05) is 5.69 Å². The first-order chi connectivity index (χ1) is 13.9. The quantitative estimate of drug-likeness (QED) is 0.582. The van der Waals surface area contributed by atoms with Crippen molar-refractivity contribution in [2.75, 3.05) is 11.9 Å². The van der Waals surface area contributed by atoms with Gasteiger partial charge < -0.3 is 14.8 Å². The summed E-state index contributed by atoms with van der Waals surface area (Å²) in [5.41, 5.74) is 1.09. The van der Waals surface area contributed by atoms with Crippen LogP contribution in [0.15, 0.2) is 48.8 Å². The normalized spacial score (nSPS) is 10.6. The Balaban J connectivity index is 1.52. The minimum absolute atomic E-state index is 0.109. The second kappa shape index (κ2) is 9.06. The van der Waals surface area contributed by atoms with Gasteiger partial charge in [-0.1, -0.05) is 11.6 Å². The molecule has 1 amide bonds. The summed E-state index contributed by atoms with van der Waals surface area (Å²) in [5.74, 6) is -1.57. The number of nitrogens with one attached hydrogen (secondary N) is 1. The van der Waals surface area contributed by atoms with E-state index in [0.717, 1.165) is 0 Å². The van der Waals surface area contributed by atoms with Crippen LogP contribution in [0, 0.1) is 0 Å². The lowest BCUT2D eigenvalue weighted by atomic mass is 10.2. The third-order valence-corrected chi connectivity index (χ3v) is 3.78. The molecule has 1 aromatic heterocycles. The number of ether oxygens (including phenoxy) is 2. The summed E-state index contributed by atoms with van der Waals surface area (Å²) in [6.45, 7) is -3.57. The van der Waals surface area contributed by atoms with Crippen LogP contribution < -0.4 is 10.1 Å². The second-order valence-corrected chi connectivity index (χ2v) is 5.86. The van der Waals surface area contributed by atoms with Crippen LogP contribution in [0.5, 0.6) is 5.75 Å². The topological polar surface area (TPSA) is 108 Å². The van der Waals surface area contributed by atoms with E-state index in [4.69, 9.17) is 16.3 Å². The lowest BCUT2D eigenvalue weighted by Crippen LogP contribution is -2.21. The molecule has 0 aliphatic carbocycles. The van der Waals surface area contributed by atoms with E-state index in [1.807, 2.05) is 0 Å². The minimum atomic E-state index is -3.02. The van der Waals surface area contributed by atoms with Gasteiger partial charge in [0.05, 0.1) is 16.3 Å². The molecule has 0 atom stereocenters. The van der Waals surface area contributed by atoms with E-state index in [2.05, 4.69) is 25.6 Å². The van der Waals surface area contributed by atoms with Gasteiger partial charge in [0.1, 0.15) is 12.1 Å². The van der Waals surface area contributed by atoms with Crippen LogP contribution in [0.3, 0.4) is 0 Å². The van der Waals surface area contributed by atoms with Gasteiger partial charge in [0.2, 0.25) is 0 Å². The molecule has 12 heteroatoms. The van der Waals surface area contributed by atoms with E-state index in [-0.39, 0.29) is 22.0 Å². The Kier molecular flexibility index (Phi) is 6.29. The number of benzene rings is 2. The molecular weight excluding hydrogens is 412 g/mol. The highest BCUT2D eigenvalue weighted by Gasteiger charge is 2.13. The van der Waals surface area contributed by atoms with Crippen molar-refractivity contribution in [1.82, 2.24) is 20.2 Å². The third-order valence-electron chi connectivity index (χ3n) is 3.48. The molecule has 0 bridgehead atoms. The zero-order valence-electron chi connectivity index (χ0n) is 14.5. The van der Waals surface area contributed by atoms with E-state index in [1.54, 1.807) is 12.1 Å². The van der Waals surface area contributed by atoms with Crippen LogP contribution in [0.1, 0.15) is 10.4 Å². The molecule has 9 nitrogen and oxygen atoms in total. The standard InChI is InChI=1S/C17H12ClF2N5O4/c18-13-7-11(3-6-14(13)29-17(19)20)22-15(26)8-28-16(27)10-1-4-12(5-2-10)25-9-21-23-24-25/h1-7,9,17H,8H2,(H,22,26). The first-order valence-electron chi connectivity index (χ1n) is 7.97. The number of esters is 1. The minimum Gasteiger partial charge on any atom is -0.452 e. The summed E-state index contributed by atoms with van der Waals surface area (Å²) >= 11 is 5.81. The Labute approximate surface area is 167 Å². The number of carbonyl (C=O) groups excluding carboxylic acids is 2. The fraction of sp³-hybridized carbons (Fsp3) is 0.118. The molecule has 0 saturated heterocycles. The number of rotatable bonds is 7. The molecule has 0 aliphatic rings. The highest BCUT2D eigenvalue weighted by atomic mass is 35.5. The number of halogens is 3. The molecule has 0 saturated carbocycles. The van der Waals surface area contributed by atoms with E-state index in [0.29, 0.717) is 5.69 Å². The molecule has 0 unspecified atom stereocenters. The summed E-state index contributed by atoms with van der Waals surface area (Å²) in [4.78, 5) is 24.0. The molecule has 0 fully saturated rings. The van der Waals surface area contributed by atoms with Crippen molar-refractivity contribution in [3.05, 3.63) is 59.4 Å². The third kappa shape index (κ3) is 5.45. The van der Waals surface area contributed by atoms with Gasteiger partial charge in [-0.15, -0.1) is 5.10 Å². The van der Waals surface area contributed by atoms with E-state index in [9.17, 15) is 18.4 Å². The van der Waals surface area contributed by atoms with Crippen LogP contribution in [-0.2, 0) is 9.53 Å². The molecule has 0 aliphatic heterocycles. The first kappa shape index (κ1) is 20.1. The van der Waals surface area contributed by atoms with E-state index < -0.39 is 25.1 Å². The van der Waals surface area contributed by atoms with Crippen molar-refractivity contribution in [2.45, 2.75) is 6.61 Å². The largest absolute Gasteiger partial charge is 0.452 e. The average Bonchev–Trinajstić information content (AvgIpc) is 3.23. The number of hydrogen-bond acceptors (Lipinski definition) is 7. The SMILES string of the molecule is O=C(COC(=O)c1ccc(-n2cnnn2)cc1)Nc1ccc(OC(F)F)c(Cl)c1. The van der Waals surface area contributed by atoms with Crippen molar-refractivity contribution < 1.29 is 27.8 Å². The fourth-order valence-corrected chi connectivity index (χ4v) is 2.44. The average molecular weight is 424 g/mol. The molecule has 150 valence electrons. The molecule has 0 radical (unpaired) electrons. The van der Waals surface area contributed by atoms with Gasteiger partial charge >= 0.3 is 12.6 Å². The number of amides is 1. The van der Waals surface area contributed by atoms with Crippen molar-refractivity contribution >= 4 is 29.2 Å². The van der Waals surface area contributed by atoms with Crippen molar-refractivity contribution in [2.24, 2.45) is 0 Å². The highest BCUT2D eigenvalue weighted by Crippen LogP contribution is 2.28. The number of anilines is 1. The lowest BCUT2D eigenvalue weighted by molar-refractivity contribution is -0.119. The maximum absolute atomic E-state index is 12.2. The summed E-state index contributed by atoms with van der Waals surface area (Å²) in [5, 5.41) is 13.1. The number of carbonyl (C=O) groups is 2. The maximum atomic E-state index is 12.2. The van der Waals surface area contributed by atoms with Crippen LogP contribution in [-0.4, -0.2) is 45.3 Å². The van der Waals surface area contributed by atoms with E-state index >= 15 is 0 Å². The van der Waals surface area contributed by atoms with Crippen molar-refractivity contribution in [3.63, 3.8) is 0 Å². The number of alkyl halides is 2. The van der Waals surface area contributed by atoms with Crippen LogP contribution in [0.4, 0.5) is 14.5 Å². The maximum Gasteiger partial charge on any atom is 0.387 e. The molecule has 2 aromatic carbocycles. The molecule has 29 heavy (non-hydrogen) atoms. The van der Waals surface area contributed by atoms with Crippen molar-refractivity contribution in [1.29, 1.82) is 0 Å². The smallest absolute Gasteiger partial charge is 0.387 e. The van der Waals surface area contributed by atoms with Crippen molar-refractivity contribution in [3.8, 4) is 11.4 Å². The number of tetrazole rings is 1. The van der Waals surface area contributed by atoms with E-state index in [1.165, 1.54) is 41.3 Å². The molecule has 0 spiro atoms. The fourth-order valence-electron chi connectivity index (χ4n) is 2.21. The first-order valence-corrected chi connectivity index (χ1v) is 8.35. The summed E-state index contributed by atoms with van der Waals surface area (Å²) in [7, 11) is 0. The van der Waals surface area contributed by atoms with Crippen LogP contribution >= 0.6 is 11.6 Å². The predicted molar refractivity (Wildman–Crippen MR) is 96.2 cm³/mol. The zero-order chi connectivity index (χ0) is 20.8. The summed E-state index contributed by atoms with van der Waals surface area (Å²) in [6.07, 6.45) is 1.40. The van der Waals surface area contributed by atoms with Crippen LogP contribution in [0.25, 0.3) is 5.69 Å². The lowest BCUT2D eigenvalue weighted by Gasteiger charge is -2.10. The second-order valence-electron chi connectivity index (χ2n) is 5.45. The predicted octanol–water partition coefficient (Wildman–Crippen LogP) is 2.71. The van der Waals surface area contributed by atoms with Crippen LogP contribution in [0.2, 0.25) is 5.02 Å². The Morgan fingerprint density at radius 3 is 2.55 bits per heavy atom. The molecule has 1 heterocycles. The van der Waals surface area contributed by atoms with Gasteiger partial charge in [-0.25, -0.2) is 9.48 Å². The number of nitrogens with zero attached hydrogens (tertiary/aromatic N) is 4. The monoisotopic (exact) mass is 423 g/mol. The van der Waals surface area contributed by atoms with Gasteiger partial charge in [-0.3, -0.25) is 4.79 Å². The van der Waals surface area contributed by atoms with Gasteiger partial charge in [0.15, 0.2) is 6.61 Å². The molecule has 3 rings (SSSR count). The van der Waals surface area contributed by atoms with Gasteiger partial charge in [-0.05, 0) is 52.9 Å². The number of hydrogen-bond donors (Lipinski definition) is 1.